The van der Waals surface area contributed by atoms with Crippen LogP contribution in [0.2, 0.25) is 0 Å². The second-order valence-electron chi connectivity index (χ2n) is 8.12. The largest absolute Gasteiger partial charge is 0.457 e. The van der Waals surface area contributed by atoms with E-state index < -0.39 is 42.3 Å². The summed E-state index contributed by atoms with van der Waals surface area (Å²) in [7, 11) is 0. The van der Waals surface area contributed by atoms with Crippen LogP contribution in [-0.4, -0.2) is 47.4 Å². The molecule has 1 aromatic rings. The van der Waals surface area contributed by atoms with Crippen LogP contribution in [0.1, 0.15) is 40.2 Å². The summed E-state index contributed by atoms with van der Waals surface area (Å²) in [4.78, 5) is 36.5. The van der Waals surface area contributed by atoms with Gasteiger partial charge in [0.2, 0.25) is 5.91 Å². The SMILES string of the molecule is CC(C)C(NC(=O)OCc1ccccc1)C(=O)NC(/C=C/C(=O)OC(C)(C)C)CO. The number of nitrogens with one attached hydrogen (secondary N) is 2. The van der Waals surface area contributed by atoms with Gasteiger partial charge in [-0.25, -0.2) is 9.59 Å². The summed E-state index contributed by atoms with van der Waals surface area (Å²) in [5, 5.41) is 14.6. The van der Waals surface area contributed by atoms with Crippen LogP contribution in [0, 0.1) is 5.92 Å². The zero-order chi connectivity index (χ0) is 22.7. The Labute approximate surface area is 177 Å². The van der Waals surface area contributed by atoms with Crippen molar-refractivity contribution in [1.82, 2.24) is 10.6 Å². The molecule has 0 heterocycles. The van der Waals surface area contributed by atoms with E-state index in [4.69, 9.17) is 9.47 Å². The number of hydrogen-bond acceptors (Lipinski definition) is 6. The number of alkyl carbamates (subject to hydrolysis) is 1. The fourth-order valence-corrected chi connectivity index (χ4v) is 2.38. The molecule has 0 radical (unpaired) electrons. The Morgan fingerprint density at radius 1 is 1.10 bits per heavy atom. The number of carbonyl (C=O) groups is 3. The number of esters is 1. The summed E-state index contributed by atoms with van der Waals surface area (Å²) in [6.45, 7) is 8.41. The summed E-state index contributed by atoms with van der Waals surface area (Å²) in [6, 6.07) is 7.48. The topological polar surface area (TPSA) is 114 Å². The van der Waals surface area contributed by atoms with E-state index >= 15 is 0 Å². The molecule has 3 N–H and O–H groups in total. The van der Waals surface area contributed by atoms with Gasteiger partial charge >= 0.3 is 12.1 Å². The van der Waals surface area contributed by atoms with Crippen LogP contribution >= 0.6 is 0 Å². The maximum absolute atomic E-state index is 12.6. The molecule has 8 heteroatoms. The standard InChI is InChI=1S/C22H32N2O6/c1-15(2)19(24-21(28)29-14-16-9-7-6-8-10-16)20(27)23-17(13-25)11-12-18(26)30-22(3,4)5/h6-12,15,17,19,25H,13-14H2,1-5H3,(H,23,27)(H,24,28)/b12-11+. The smallest absolute Gasteiger partial charge is 0.408 e. The van der Waals surface area contributed by atoms with Crippen LogP contribution in [0.25, 0.3) is 0 Å². The Morgan fingerprint density at radius 3 is 2.27 bits per heavy atom. The summed E-state index contributed by atoms with van der Waals surface area (Å²) < 4.78 is 10.3. The lowest BCUT2D eigenvalue weighted by molar-refractivity contribution is -0.148. The van der Waals surface area contributed by atoms with E-state index in [0.717, 1.165) is 11.6 Å². The van der Waals surface area contributed by atoms with Gasteiger partial charge in [0.05, 0.1) is 12.6 Å². The van der Waals surface area contributed by atoms with Crippen LogP contribution in [0.3, 0.4) is 0 Å². The van der Waals surface area contributed by atoms with Crippen LogP contribution in [0.5, 0.6) is 0 Å². The molecule has 1 aromatic carbocycles. The van der Waals surface area contributed by atoms with Crippen molar-refractivity contribution >= 4 is 18.0 Å². The van der Waals surface area contributed by atoms with Gasteiger partial charge in [-0.2, -0.15) is 0 Å². The van der Waals surface area contributed by atoms with Crippen LogP contribution in [-0.2, 0) is 25.7 Å². The van der Waals surface area contributed by atoms with Crippen LogP contribution < -0.4 is 10.6 Å². The number of hydrogen-bond donors (Lipinski definition) is 3. The number of amides is 2. The molecule has 0 saturated carbocycles. The highest BCUT2D eigenvalue weighted by atomic mass is 16.6. The van der Waals surface area contributed by atoms with E-state index in [2.05, 4.69) is 10.6 Å². The molecule has 2 atom stereocenters. The molecule has 166 valence electrons. The Morgan fingerprint density at radius 2 is 1.73 bits per heavy atom. The molecule has 0 bridgehead atoms. The highest BCUT2D eigenvalue weighted by Crippen LogP contribution is 2.08. The van der Waals surface area contributed by atoms with E-state index in [9.17, 15) is 19.5 Å². The Balaban J connectivity index is 2.63. The van der Waals surface area contributed by atoms with Gasteiger partial charge in [-0.1, -0.05) is 50.3 Å². The van der Waals surface area contributed by atoms with E-state index in [1.807, 2.05) is 30.3 Å². The van der Waals surface area contributed by atoms with E-state index in [0.29, 0.717) is 0 Å². The molecule has 2 unspecified atom stereocenters. The molecule has 0 spiro atoms. The van der Waals surface area contributed by atoms with Gasteiger partial charge in [0.25, 0.3) is 0 Å². The predicted molar refractivity (Wildman–Crippen MR) is 112 cm³/mol. The molecule has 2 amide bonds. The monoisotopic (exact) mass is 420 g/mol. The van der Waals surface area contributed by atoms with Gasteiger partial charge in [0.15, 0.2) is 0 Å². The van der Waals surface area contributed by atoms with E-state index in [-0.39, 0.29) is 12.5 Å². The number of rotatable bonds is 9. The third-order valence-corrected chi connectivity index (χ3v) is 3.83. The van der Waals surface area contributed by atoms with Crippen molar-refractivity contribution in [3.63, 3.8) is 0 Å². The average molecular weight is 421 g/mol. The molecule has 0 aliphatic heterocycles. The highest BCUT2D eigenvalue weighted by molar-refractivity contribution is 5.86. The first-order valence-corrected chi connectivity index (χ1v) is 9.81. The van der Waals surface area contributed by atoms with Gasteiger partial charge < -0.3 is 25.2 Å². The number of aliphatic hydroxyl groups excluding tert-OH is 1. The number of ether oxygens (including phenoxy) is 2. The Kier molecular flexibility index (Phi) is 10.0. The molecule has 0 aliphatic carbocycles. The highest BCUT2D eigenvalue weighted by Gasteiger charge is 2.26. The van der Waals surface area contributed by atoms with E-state index in [1.54, 1.807) is 34.6 Å². The van der Waals surface area contributed by atoms with Gasteiger partial charge in [-0.15, -0.1) is 0 Å². The first kappa shape index (κ1) is 25.2. The lowest BCUT2D eigenvalue weighted by atomic mass is 10.0. The normalized spacial score (nSPS) is 13.6. The molecular weight excluding hydrogens is 388 g/mol. The number of aliphatic hydroxyl groups is 1. The first-order chi connectivity index (χ1) is 14.0. The third-order valence-electron chi connectivity index (χ3n) is 3.83. The average Bonchev–Trinajstić information content (AvgIpc) is 2.66. The zero-order valence-electron chi connectivity index (χ0n) is 18.2. The van der Waals surface area contributed by atoms with Gasteiger partial charge in [0, 0.05) is 6.08 Å². The lowest BCUT2D eigenvalue weighted by Crippen LogP contribution is -2.52. The number of carbonyl (C=O) groups excluding carboxylic acids is 3. The minimum absolute atomic E-state index is 0.0804. The maximum atomic E-state index is 12.6. The van der Waals surface area contributed by atoms with Crippen molar-refractivity contribution in [3.8, 4) is 0 Å². The molecule has 0 aromatic heterocycles. The van der Waals surface area contributed by atoms with Crippen molar-refractivity contribution in [2.24, 2.45) is 5.92 Å². The fourth-order valence-electron chi connectivity index (χ4n) is 2.38. The maximum Gasteiger partial charge on any atom is 0.408 e. The zero-order valence-corrected chi connectivity index (χ0v) is 18.2. The lowest BCUT2D eigenvalue weighted by Gasteiger charge is -2.23. The van der Waals surface area contributed by atoms with Crippen molar-refractivity contribution in [3.05, 3.63) is 48.0 Å². The molecule has 0 fully saturated rings. The molecular formula is C22H32N2O6. The van der Waals surface area contributed by atoms with Gasteiger partial charge in [-0.3, -0.25) is 4.79 Å². The summed E-state index contributed by atoms with van der Waals surface area (Å²) in [5.41, 5.74) is 0.178. The van der Waals surface area contributed by atoms with Gasteiger partial charge in [0.1, 0.15) is 18.2 Å². The Hall–Kier alpha value is -2.87. The second kappa shape index (κ2) is 12.0. The quantitative estimate of drug-likeness (QED) is 0.417. The molecule has 0 aliphatic rings. The van der Waals surface area contributed by atoms with E-state index in [1.165, 1.54) is 6.08 Å². The molecule has 1 rings (SSSR count). The Bertz CT molecular complexity index is 725. The minimum Gasteiger partial charge on any atom is -0.457 e. The molecule has 0 saturated heterocycles. The van der Waals surface area contributed by atoms with Crippen molar-refractivity contribution in [2.75, 3.05) is 6.61 Å². The fraction of sp³-hybridized carbons (Fsp3) is 0.500. The molecule has 8 nitrogen and oxygen atoms in total. The predicted octanol–water partition coefficient (Wildman–Crippen LogP) is 2.31. The van der Waals surface area contributed by atoms with Gasteiger partial charge in [-0.05, 0) is 32.3 Å². The second-order valence-corrected chi connectivity index (χ2v) is 8.12. The van der Waals surface area contributed by atoms with Crippen LogP contribution in [0.15, 0.2) is 42.5 Å². The summed E-state index contributed by atoms with van der Waals surface area (Å²) in [5.74, 6) is -1.32. The minimum atomic E-state index is -0.878. The van der Waals surface area contributed by atoms with Crippen molar-refractivity contribution in [2.45, 2.75) is 58.9 Å². The summed E-state index contributed by atoms with van der Waals surface area (Å²) in [6.07, 6.45) is 1.77. The van der Waals surface area contributed by atoms with Crippen LogP contribution in [0.4, 0.5) is 4.79 Å². The number of benzene rings is 1. The van der Waals surface area contributed by atoms with Crippen molar-refractivity contribution in [1.29, 1.82) is 0 Å². The molecule has 30 heavy (non-hydrogen) atoms. The van der Waals surface area contributed by atoms with Crippen molar-refractivity contribution < 1.29 is 29.0 Å². The first-order valence-electron chi connectivity index (χ1n) is 9.81. The summed E-state index contributed by atoms with van der Waals surface area (Å²) >= 11 is 0. The third kappa shape index (κ3) is 10.1.